The first-order valence-corrected chi connectivity index (χ1v) is 12.9. The predicted molar refractivity (Wildman–Crippen MR) is 136 cm³/mol. The van der Waals surface area contributed by atoms with Crippen molar-refractivity contribution < 1.29 is 13.2 Å². The molecule has 1 saturated heterocycles. The van der Waals surface area contributed by atoms with Gasteiger partial charge in [0.1, 0.15) is 0 Å². The van der Waals surface area contributed by atoms with Crippen molar-refractivity contribution in [2.75, 3.05) is 30.9 Å². The van der Waals surface area contributed by atoms with Gasteiger partial charge in [-0.1, -0.05) is 24.3 Å². The Labute approximate surface area is 206 Å². The maximum Gasteiger partial charge on any atom is 0.262 e. The number of nitrogens with zero attached hydrogens (tertiary/aromatic N) is 3. The number of piperazine rings is 1. The molecule has 3 aromatic rings. The fraction of sp³-hybridized carbons (Fsp3) is 0.259. The minimum atomic E-state index is -3.72. The lowest BCUT2D eigenvalue weighted by atomic mass is 10.1. The van der Waals surface area contributed by atoms with Crippen LogP contribution in [0.25, 0.3) is 0 Å². The van der Waals surface area contributed by atoms with E-state index in [0.29, 0.717) is 35.5 Å². The van der Waals surface area contributed by atoms with Crippen LogP contribution in [0.4, 0.5) is 5.69 Å². The van der Waals surface area contributed by atoms with Crippen LogP contribution in [0.5, 0.6) is 0 Å². The van der Waals surface area contributed by atoms with Crippen molar-refractivity contribution in [3.05, 3.63) is 94.5 Å². The van der Waals surface area contributed by atoms with Crippen LogP contribution in [0.1, 0.15) is 32.6 Å². The first-order valence-electron chi connectivity index (χ1n) is 11.5. The summed E-state index contributed by atoms with van der Waals surface area (Å²) >= 11 is 0. The highest BCUT2D eigenvalue weighted by Gasteiger charge is 2.23. The second-order valence-electron chi connectivity index (χ2n) is 8.83. The molecule has 180 valence electrons. The average Bonchev–Trinajstić information content (AvgIpc) is 2.86. The van der Waals surface area contributed by atoms with Gasteiger partial charge in [-0.05, 0) is 73.0 Å². The van der Waals surface area contributed by atoms with Crippen LogP contribution in [0.3, 0.4) is 0 Å². The Bertz CT molecular complexity index is 1350. The molecule has 1 aliphatic heterocycles. The highest BCUT2D eigenvalue weighted by molar-refractivity contribution is 7.92. The molecule has 0 saturated carbocycles. The number of benzene rings is 3. The number of rotatable bonds is 6. The normalized spacial score (nSPS) is 14.4. The number of carbonyl (C=O) groups excluding carboxylic acids is 1. The van der Waals surface area contributed by atoms with Crippen LogP contribution >= 0.6 is 0 Å². The molecule has 1 heterocycles. The number of anilines is 1. The van der Waals surface area contributed by atoms with Gasteiger partial charge in [0.2, 0.25) is 0 Å². The highest BCUT2D eigenvalue weighted by Crippen LogP contribution is 2.21. The maximum absolute atomic E-state index is 13.0. The summed E-state index contributed by atoms with van der Waals surface area (Å²) in [6.07, 6.45) is 0. The SMILES string of the molecule is Cc1ccc(C)c(S(=O)(=O)Nc2ccc(C(=O)N3CCN(Cc4ccc(C#N)cc4)CC3)cc2)c1. The highest BCUT2D eigenvalue weighted by atomic mass is 32.2. The zero-order valence-electron chi connectivity index (χ0n) is 19.9. The smallest absolute Gasteiger partial charge is 0.262 e. The molecule has 7 nitrogen and oxygen atoms in total. The number of aryl methyl sites for hydroxylation is 2. The van der Waals surface area contributed by atoms with Crippen molar-refractivity contribution in [1.82, 2.24) is 9.80 Å². The topological polar surface area (TPSA) is 93.5 Å². The van der Waals surface area contributed by atoms with Gasteiger partial charge >= 0.3 is 0 Å². The standard InChI is InChI=1S/C27H28N4O3S/c1-20-3-4-21(2)26(17-20)35(33,34)29-25-11-9-24(10-12-25)27(32)31-15-13-30(14-16-31)19-23-7-5-22(18-28)6-8-23/h3-12,17,29H,13-16,19H2,1-2H3. The molecule has 4 rings (SSSR count). The van der Waals surface area contributed by atoms with Crippen molar-refractivity contribution in [1.29, 1.82) is 5.26 Å². The molecule has 1 amide bonds. The lowest BCUT2D eigenvalue weighted by molar-refractivity contribution is 0.0628. The summed E-state index contributed by atoms with van der Waals surface area (Å²) in [7, 11) is -3.72. The van der Waals surface area contributed by atoms with Gasteiger partial charge in [-0.2, -0.15) is 5.26 Å². The first kappa shape index (κ1) is 24.5. The zero-order valence-corrected chi connectivity index (χ0v) is 20.7. The number of amides is 1. The summed E-state index contributed by atoms with van der Waals surface area (Å²) in [6.45, 7) is 7.17. The Morgan fingerprint density at radius 3 is 2.23 bits per heavy atom. The van der Waals surface area contributed by atoms with E-state index in [-0.39, 0.29) is 10.8 Å². The Kier molecular flexibility index (Phi) is 7.20. The summed E-state index contributed by atoms with van der Waals surface area (Å²) < 4.78 is 28.3. The predicted octanol–water partition coefficient (Wildman–Crippen LogP) is 3.93. The molecule has 0 bridgehead atoms. The molecule has 1 fully saturated rings. The fourth-order valence-corrected chi connectivity index (χ4v) is 5.51. The number of carbonyl (C=O) groups is 1. The molecule has 0 aliphatic carbocycles. The minimum absolute atomic E-state index is 0.0630. The van der Waals surface area contributed by atoms with Gasteiger partial charge in [0.05, 0.1) is 16.5 Å². The Hall–Kier alpha value is -3.67. The van der Waals surface area contributed by atoms with Crippen molar-refractivity contribution in [2.24, 2.45) is 0 Å². The van der Waals surface area contributed by atoms with Crippen LogP contribution in [-0.4, -0.2) is 50.3 Å². The van der Waals surface area contributed by atoms with Gasteiger partial charge in [-0.25, -0.2) is 8.42 Å². The zero-order chi connectivity index (χ0) is 25.0. The average molecular weight is 489 g/mol. The second-order valence-corrected chi connectivity index (χ2v) is 10.5. The van der Waals surface area contributed by atoms with Gasteiger partial charge in [0.25, 0.3) is 15.9 Å². The van der Waals surface area contributed by atoms with Crippen LogP contribution in [0, 0.1) is 25.2 Å². The third kappa shape index (κ3) is 5.88. The Morgan fingerprint density at radius 2 is 1.60 bits per heavy atom. The Balaban J connectivity index is 1.34. The lowest BCUT2D eigenvalue weighted by Gasteiger charge is -2.34. The van der Waals surface area contributed by atoms with Gasteiger partial charge in [-0.3, -0.25) is 14.4 Å². The molecule has 0 unspecified atom stereocenters. The number of nitrogens with one attached hydrogen (secondary N) is 1. The number of hydrogen-bond acceptors (Lipinski definition) is 5. The van der Waals surface area contributed by atoms with E-state index in [9.17, 15) is 13.2 Å². The van der Waals surface area contributed by atoms with E-state index in [4.69, 9.17) is 5.26 Å². The van der Waals surface area contributed by atoms with E-state index in [1.165, 1.54) is 0 Å². The summed E-state index contributed by atoms with van der Waals surface area (Å²) in [4.78, 5) is 17.3. The summed E-state index contributed by atoms with van der Waals surface area (Å²) in [6, 6.07) is 21.6. The van der Waals surface area contributed by atoms with E-state index in [2.05, 4.69) is 15.7 Å². The third-order valence-corrected chi connectivity index (χ3v) is 7.69. The van der Waals surface area contributed by atoms with E-state index in [0.717, 1.165) is 30.8 Å². The lowest BCUT2D eigenvalue weighted by Crippen LogP contribution is -2.48. The van der Waals surface area contributed by atoms with Crippen LogP contribution < -0.4 is 4.72 Å². The fourth-order valence-electron chi connectivity index (χ4n) is 4.12. The molecular weight excluding hydrogens is 460 g/mol. The largest absolute Gasteiger partial charge is 0.336 e. The third-order valence-electron chi connectivity index (χ3n) is 6.17. The number of nitriles is 1. The van der Waals surface area contributed by atoms with E-state index < -0.39 is 10.0 Å². The van der Waals surface area contributed by atoms with Gasteiger partial charge in [-0.15, -0.1) is 0 Å². The van der Waals surface area contributed by atoms with E-state index in [1.807, 2.05) is 42.2 Å². The summed E-state index contributed by atoms with van der Waals surface area (Å²) in [5, 5.41) is 8.93. The minimum Gasteiger partial charge on any atom is -0.336 e. The summed E-state index contributed by atoms with van der Waals surface area (Å²) in [5.74, 6) is -0.0630. The van der Waals surface area contributed by atoms with Crippen molar-refractivity contribution >= 4 is 21.6 Å². The van der Waals surface area contributed by atoms with Gasteiger partial charge in [0.15, 0.2) is 0 Å². The maximum atomic E-state index is 13.0. The molecule has 35 heavy (non-hydrogen) atoms. The molecular formula is C27H28N4O3S. The molecule has 0 aromatic heterocycles. The molecule has 1 N–H and O–H groups in total. The van der Waals surface area contributed by atoms with Gasteiger partial charge in [0, 0.05) is 44.0 Å². The van der Waals surface area contributed by atoms with Gasteiger partial charge < -0.3 is 4.90 Å². The number of hydrogen-bond donors (Lipinski definition) is 1. The van der Waals surface area contributed by atoms with E-state index >= 15 is 0 Å². The molecule has 3 aromatic carbocycles. The van der Waals surface area contributed by atoms with Crippen molar-refractivity contribution in [2.45, 2.75) is 25.3 Å². The monoisotopic (exact) mass is 488 g/mol. The van der Waals surface area contributed by atoms with Crippen molar-refractivity contribution in [3.63, 3.8) is 0 Å². The van der Waals surface area contributed by atoms with E-state index in [1.54, 1.807) is 43.3 Å². The molecule has 8 heteroatoms. The first-order chi connectivity index (χ1) is 16.7. The Morgan fingerprint density at radius 1 is 0.943 bits per heavy atom. The van der Waals surface area contributed by atoms with Crippen LogP contribution in [0.2, 0.25) is 0 Å². The molecule has 1 aliphatic rings. The second kappa shape index (κ2) is 10.3. The quantitative estimate of drug-likeness (QED) is 0.567. The van der Waals surface area contributed by atoms with Crippen LogP contribution in [-0.2, 0) is 16.6 Å². The van der Waals surface area contributed by atoms with Crippen LogP contribution in [0.15, 0.2) is 71.6 Å². The molecule has 0 radical (unpaired) electrons. The van der Waals surface area contributed by atoms with Crippen molar-refractivity contribution in [3.8, 4) is 6.07 Å². The summed E-state index contributed by atoms with van der Waals surface area (Å²) in [5.41, 5.74) is 4.27. The molecule has 0 spiro atoms. The molecule has 0 atom stereocenters. The number of sulfonamides is 1.